The Morgan fingerprint density at radius 1 is 1.15 bits per heavy atom. The van der Waals surface area contributed by atoms with Crippen molar-refractivity contribution in [1.82, 2.24) is 10.3 Å². The van der Waals surface area contributed by atoms with Gasteiger partial charge in [-0.2, -0.15) is 0 Å². The zero-order chi connectivity index (χ0) is 14.4. The molecule has 0 fully saturated rings. The summed E-state index contributed by atoms with van der Waals surface area (Å²) >= 11 is 0. The van der Waals surface area contributed by atoms with Crippen molar-refractivity contribution in [3.05, 3.63) is 53.9 Å². The smallest absolute Gasteiger partial charge is 0.252 e. The summed E-state index contributed by atoms with van der Waals surface area (Å²) in [6, 6.07) is 10.1. The molecule has 1 heterocycles. The standard InChI is InChI=1S/C17H20N2O/c1-3-4-9-19-17(20)16-10-15(11-18-12-16)14-7-5-13(2)6-8-14/h5-8,10-12H,3-4,9H2,1-2H3,(H,19,20). The average Bonchev–Trinajstić information content (AvgIpc) is 2.48. The van der Waals surface area contributed by atoms with Gasteiger partial charge < -0.3 is 5.32 Å². The zero-order valence-corrected chi connectivity index (χ0v) is 12.0. The fraction of sp³-hybridized carbons (Fsp3) is 0.294. The maximum Gasteiger partial charge on any atom is 0.252 e. The van der Waals surface area contributed by atoms with E-state index in [-0.39, 0.29) is 5.91 Å². The first-order valence-electron chi connectivity index (χ1n) is 7.01. The Balaban J connectivity index is 2.15. The van der Waals surface area contributed by atoms with Crippen LogP contribution in [0, 0.1) is 6.92 Å². The minimum absolute atomic E-state index is 0.0556. The van der Waals surface area contributed by atoms with Gasteiger partial charge in [-0.25, -0.2) is 0 Å². The minimum Gasteiger partial charge on any atom is -0.352 e. The molecular formula is C17H20N2O. The van der Waals surface area contributed by atoms with E-state index in [1.54, 1.807) is 12.4 Å². The lowest BCUT2D eigenvalue weighted by molar-refractivity contribution is 0.0953. The first-order chi connectivity index (χ1) is 9.70. The highest BCUT2D eigenvalue weighted by Gasteiger charge is 2.07. The molecule has 0 unspecified atom stereocenters. The van der Waals surface area contributed by atoms with Crippen LogP contribution in [-0.2, 0) is 0 Å². The van der Waals surface area contributed by atoms with Gasteiger partial charge >= 0.3 is 0 Å². The normalized spacial score (nSPS) is 10.3. The molecule has 0 aliphatic carbocycles. The Kier molecular flexibility index (Phi) is 4.88. The molecule has 20 heavy (non-hydrogen) atoms. The molecule has 1 N–H and O–H groups in total. The van der Waals surface area contributed by atoms with E-state index < -0.39 is 0 Å². The maximum atomic E-state index is 12.0. The average molecular weight is 268 g/mol. The summed E-state index contributed by atoms with van der Waals surface area (Å²) in [4.78, 5) is 16.2. The summed E-state index contributed by atoms with van der Waals surface area (Å²) in [5.41, 5.74) is 3.87. The van der Waals surface area contributed by atoms with E-state index in [0.717, 1.165) is 24.0 Å². The van der Waals surface area contributed by atoms with Crippen molar-refractivity contribution in [1.29, 1.82) is 0 Å². The summed E-state index contributed by atoms with van der Waals surface area (Å²) < 4.78 is 0. The number of unbranched alkanes of at least 4 members (excludes halogenated alkanes) is 1. The maximum absolute atomic E-state index is 12.0. The Morgan fingerprint density at radius 2 is 1.90 bits per heavy atom. The molecule has 2 rings (SSSR count). The van der Waals surface area contributed by atoms with Crippen molar-refractivity contribution in [3.8, 4) is 11.1 Å². The molecule has 2 aromatic rings. The molecule has 104 valence electrons. The second-order valence-electron chi connectivity index (χ2n) is 4.94. The van der Waals surface area contributed by atoms with Gasteiger partial charge in [-0.1, -0.05) is 43.2 Å². The van der Waals surface area contributed by atoms with Crippen molar-refractivity contribution in [3.63, 3.8) is 0 Å². The molecule has 0 aliphatic heterocycles. The molecule has 3 heteroatoms. The molecule has 0 radical (unpaired) electrons. The van der Waals surface area contributed by atoms with Crippen LogP contribution in [0.3, 0.4) is 0 Å². The number of nitrogens with one attached hydrogen (secondary N) is 1. The highest BCUT2D eigenvalue weighted by atomic mass is 16.1. The minimum atomic E-state index is -0.0556. The number of aromatic nitrogens is 1. The van der Waals surface area contributed by atoms with E-state index in [2.05, 4.69) is 36.3 Å². The molecule has 0 atom stereocenters. The van der Waals surface area contributed by atoms with Gasteiger partial charge in [-0.3, -0.25) is 9.78 Å². The van der Waals surface area contributed by atoms with E-state index in [9.17, 15) is 4.79 Å². The fourth-order valence-electron chi connectivity index (χ4n) is 1.95. The lowest BCUT2D eigenvalue weighted by Gasteiger charge is -2.06. The molecule has 1 amide bonds. The van der Waals surface area contributed by atoms with Crippen LogP contribution in [0.1, 0.15) is 35.7 Å². The van der Waals surface area contributed by atoms with Gasteiger partial charge in [0.2, 0.25) is 0 Å². The number of hydrogen-bond donors (Lipinski definition) is 1. The van der Waals surface area contributed by atoms with E-state index in [4.69, 9.17) is 0 Å². The Labute approximate surface area is 120 Å². The molecule has 1 aromatic heterocycles. The largest absolute Gasteiger partial charge is 0.352 e. The van der Waals surface area contributed by atoms with Gasteiger partial charge in [0.15, 0.2) is 0 Å². The number of pyridine rings is 1. The van der Waals surface area contributed by atoms with Gasteiger partial charge in [-0.05, 0) is 25.0 Å². The second kappa shape index (κ2) is 6.85. The third kappa shape index (κ3) is 3.67. The first kappa shape index (κ1) is 14.3. The summed E-state index contributed by atoms with van der Waals surface area (Å²) in [7, 11) is 0. The lowest BCUT2D eigenvalue weighted by Crippen LogP contribution is -2.24. The van der Waals surface area contributed by atoms with Gasteiger partial charge in [0.1, 0.15) is 0 Å². The number of benzene rings is 1. The molecule has 3 nitrogen and oxygen atoms in total. The van der Waals surface area contributed by atoms with Crippen LogP contribution in [-0.4, -0.2) is 17.4 Å². The zero-order valence-electron chi connectivity index (χ0n) is 12.0. The lowest BCUT2D eigenvalue weighted by atomic mass is 10.0. The van der Waals surface area contributed by atoms with Crippen molar-refractivity contribution in [2.45, 2.75) is 26.7 Å². The van der Waals surface area contributed by atoms with Crippen LogP contribution in [0.25, 0.3) is 11.1 Å². The van der Waals surface area contributed by atoms with Crippen LogP contribution < -0.4 is 5.32 Å². The highest BCUT2D eigenvalue weighted by molar-refractivity contribution is 5.95. The van der Waals surface area contributed by atoms with Gasteiger partial charge in [0.25, 0.3) is 5.91 Å². The van der Waals surface area contributed by atoms with Crippen molar-refractivity contribution < 1.29 is 4.79 Å². The van der Waals surface area contributed by atoms with E-state index in [0.29, 0.717) is 12.1 Å². The number of amides is 1. The van der Waals surface area contributed by atoms with Gasteiger partial charge in [0, 0.05) is 24.5 Å². The number of aryl methyl sites for hydroxylation is 1. The van der Waals surface area contributed by atoms with Crippen molar-refractivity contribution >= 4 is 5.91 Å². The Hall–Kier alpha value is -2.16. The monoisotopic (exact) mass is 268 g/mol. The number of carbonyl (C=O) groups excluding carboxylic acids is 1. The summed E-state index contributed by atoms with van der Waals surface area (Å²) in [6.07, 6.45) is 5.46. The fourth-order valence-corrected chi connectivity index (χ4v) is 1.95. The molecule has 0 saturated heterocycles. The summed E-state index contributed by atoms with van der Waals surface area (Å²) in [5.74, 6) is -0.0556. The van der Waals surface area contributed by atoms with Crippen LogP contribution in [0.2, 0.25) is 0 Å². The van der Waals surface area contributed by atoms with Crippen molar-refractivity contribution in [2.24, 2.45) is 0 Å². The summed E-state index contributed by atoms with van der Waals surface area (Å²) in [6.45, 7) is 4.87. The molecule has 0 spiro atoms. The van der Waals surface area contributed by atoms with Crippen LogP contribution >= 0.6 is 0 Å². The number of nitrogens with zero attached hydrogens (tertiary/aromatic N) is 1. The van der Waals surface area contributed by atoms with Crippen LogP contribution in [0.4, 0.5) is 0 Å². The van der Waals surface area contributed by atoms with Crippen LogP contribution in [0.5, 0.6) is 0 Å². The predicted molar refractivity (Wildman–Crippen MR) is 81.7 cm³/mol. The quantitative estimate of drug-likeness (QED) is 0.842. The predicted octanol–water partition coefficient (Wildman–Crippen LogP) is 3.59. The van der Waals surface area contributed by atoms with Crippen LogP contribution in [0.15, 0.2) is 42.7 Å². The number of rotatable bonds is 5. The SMILES string of the molecule is CCCCNC(=O)c1cncc(-c2ccc(C)cc2)c1. The Bertz CT molecular complexity index is 576. The topological polar surface area (TPSA) is 42.0 Å². The van der Waals surface area contributed by atoms with E-state index >= 15 is 0 Å². The van der Waals surface area contributed by atoms with E-state index in [1.807, 2.05) is 18.2 Å². The third-order valence-electron chi connectivity index (χ3n) is 3.20. The molecule has 0 bridgehead atoms. The van der Waals surface area contributed by atoms with E-state index in [1.165, 1.54) is 5.56 Å². The molecule has 1 aromatic carbocycles. The van der Waals surface area contributed by atoms with Gasteiger partial charge in [-0.15, -0.1) is 0 Å². The third-order valence-corrected chi connectivity index (χ3v) is 3.20. The van der Waals surface area contributed by atoms with Crippen molar-refractivity contribution in [2.75, 3.05) is 6.54 Å². The Morgan fingerprint density at radius 3 is 2.60 bits per heavy atom. The number of hydrogen-bond acceptors (Lipinski definition) is 2. The van der Waals surface area contributed by atoms with Gasteiger partial charge in [0.05, 0.1) is 5.56 Å². The molecule has 0 aliphatic rings. The first-order valence-corrected chi connectivity index (χ1v) is 7.01. The number of carbonyl (C=O) groups is 1. The second-order valence-corrected chi connectivity index (χ2v) is 4.94. The molecule has 0 saturated carbocycles. The molecular weight excluding hydrogens is 248 g/mol. The highest BCUT2D eigenvalue weighted by Crippen LogP contribution is 2.19. The summed E-state index contributed by atoms with van der Waals surface area (Å²) in [5, 5.41) is 2.91.